The molecule has 0 spiro atoms. The molecule has 2 rings (SSSR count). The minimum absolute atomic E-state index is 0.0659. The van der Waals surface area contributed by atoms with Crippen LogP contribution in [-0.2, 0) is 9.59 Å². The molecule has 0 unspecified atom stereocenters. The molecule has 0 saturated carbocycles. The molecule has 2 heterocycles. The molecule has 0 aromatic heterocycles. The first kappa shape index (κ1) is 39.0. The summed E-state index contributed by atoms with van der Waals surface area (Å²) in [6.07, 6.45) is 16.4. The van der Waals surface area contributed by atoms with Crippen molar-refractivity contribution in [2.45, 2.75) is 201 Å². The van der Waals surface area contributed by atoms with Gasteiger partial charge in [0.05, 0.1) is 5.41 Å². The number of nitrogens with zero attached hydrogens (tertiary/aromatic N) is 2. The number of aliphatic carboxylic acids is 2. The third-order valence-electron chi connectivity index (χ3n) is 11.7. The zero-order valence-corrected chi connectivity index (χ0v) is 30.7. The lowest BCUT2D eigenvalue weighted by Gasteiger charge is -2.63. The minimum Gasteiger partial charge on any atom is -0.481 e. The van der Waals surface area contributed by atoms with E-state index in [0.717, 1.165) is 70.9 Å². The number of rotatable bonds is 19. The van der Waals surface area contributed by atoms with E-state index < -0.39 is 17.4 Å². The molecule has 0 atom stereocenters. The van der Waals surface area contributed by atoms with Crippen molar-refractivity contribution in [3.8, 4) is 0 Å². The maximum Gasteiger partial charge on any atom is 0.310 e. The van der Waals surface area contributed by atoms with Crippen molar-refractivity contribution in [1.29, 1.82) is 0 Å². The number of hydrogen-bond donors (Lipinski definition) is 2. The summed E-state index contributed by atoms with van der Waals surface area (Å²) in [5, 5.41) is 20.5. The van der Waals surface area contributed by atoms with Gasteiger partial charge in [-0.25, -0.2) is 0 Å². The van der Waals surface area contributed by atoms with Crippen LogP contribution in [0, 0.1) is 17.3 Å². The van der Waals surface area contributed by atoms with Crippen LogP contribution in [0.5, 0.6) is 0 Å². The normalized spacial score (nSPS) is 22.7. The fourth-order valence-corrected chi connectivity index (χ4v) is 10.0. The third kappa shape index (κ3) is 9.69. The molecule has 2 saturated heterocycles. The topological polar surface area (TPSA) is 81.1 Å². The highest BCUT2D eigenvalue weighted by atomic mass is 16.4. The van der Waals surface area contributed by atoms with Crippen LogP contribution in [0.2, 0.25) is 0 Å². The summed E-state index contributed by atoms with van der Waals surface area (Å²) in [6.45, 7) is 25.6. The number of carboxylic acids is 2. The Kier molecular flexibility index (Phi) is 14.3. The molecule has 0 aromatic rings. The molecular weight excluding hydrogens is 548 g/mol. The molecule has 2 fully saturated rings. The summed E-state index contributed by atoms with van der Waals surface area (Å²) in [6, 6.07) is 0. The predicted octanol–water partition coefficient (Wildman–Crippen LogP) is 9.79. The number of unbranched alkanes of at least 4 members (excludes halogenated alkanes) is 8. The van der Waals surface area contributed by atoms with E-state index in [1.807, 2.05) is 0 Å². The van der Waals surface area contributed by atoms with Crippen LogP contribution >= 0.6 is 0 Å². The van der Waals surface area contributed by atoms with Crippen molar-refractivity contribution in [3.05, 3.63) is 0 Å². The SMILES string of the molecule is CCCCCN1C(C)(C)CC(C(CCCCCCCC(=O)O)(C(=O)O)C2CC(C)(C)N(CCCCC)C(C)(C)C2)CC1(C)C. The van der Waals surface area contributed by atoms with Crippen molar-refractivity contribution < 1.29 is 19.8 Å². The van der Waals surface area contributed by atoms with Gasteiger partial charge in [0.2, 0.25) is 0 Å². The molecule has 2 aliphatic heterocycles. The monoisotopic (exact) mass is 621 g/mol. The Balaban J connectivity index is 2.47. The maximum absolute atomic E-state index is 14.0. The van der Waals surface area contributed by atoms with Gasteiger partial charge in [-0.15, -0.1) is 0 Å². The zero-order valence-electron chi connectivity index (χ0n) is 30.7. The van der Waals surface area contributed by atoms with Crippen LogP contribution in [0.25, 0.3) is 0 Å². The summed E-state index contributed by atoms with van der Waals surface area (Å²) >= 11 is 0. The zero-order chi connectivity index (χ0) is 33.4. The van der Waals surface area contributed by atoms with E-state index in [4.69, 9.17) is 5.11 Å². The molecule has 2 N–H and O–H groups in total. The van der Waals surface area contributed by atoms with Gasteiger partial charge in [0.15, 0.2) is 0 Å². The van der Waals surface area contributed by atoms with Crippen molar-refractivity contribution in [2.24, 2.45) is 17.3 Å². The fourth-order valence-electron chi connectivity index (χ4n) is 10.0. The van der Waals surface area contributed by atoms with Crippen molar-refractivity contribution in [2.75, 3.05) is 13.1 Å². The summed E-state index contributed by atoms with van der Waals surface area (Å²) in [4.78, 5) is 30.4. The van der Waals surface area contributed by atoms with Gasteiger partial charge in [-0.3, -0.25) is 19.4 Å². The summed E-state index contributed by atoms with van der Waals surface area (Å²) < 4.78 is 0. The smallest absolute Gasteiger partial charge is 0.310 e. The lowest BCUT2D eigenvalue weighted by Crippen LogP contribution is -2.67. The van der Waals surface area contributed by atoms with Crippen LogP contribution in [0.4, 0.5) is 0 Å². The highest BCUT2D eigenvalue weighted by Crippen LogP contribution is 2.58. The number of hydrogen-bond acceptors (Lipinski definition) is 4. The highest BCUT2D eigenvalue weighted by molar-refractivity contribution is 5.76. The molecule has 6 nitrogen and oxygen atoms in total. The largest absolute Gasteiger partial charge is 0.481 e. The first-order valence-corrected chi connectivity index (χ1v) is 18.4. The summed E-state index contributed by atoms with van der Waals surface area (Å²) in [5.74, 6) is -1.08. The van der Waals surface area contributed by atoms with E-state index in [2.05, 4.69) is 79.0 Å². The average molecular weight is 621 g/mol. The highest BCUT2D eigenvalue weighted by Gasteiger charge is 2.60. The van der Waals surface area contributed by atoms with Gasteiger partial charge in [0.25, 0.3) is 0 Å². The molecule has 258 valence electrons. The quantitative estimate of drug-likeness (QED) is 0.140. The molecule has 0 amide bonds. The van der Waals surface area contributed by atoms with Crippen LogP contribution < -0.4 is 0 Å². The standard InChI is InChI=1S/C38H72N2O4/c1-11-13-20-24-39-34(3,4)26-30(27-35(39,5)6)38(33(43)44,23-19-17-15-16-18-22-32(41)42)31-28-36(7,8)40(25-21-14-12-2)37(9,10)29-31/h30-31H,11-29H2,1-10H3,(H,41,42)(H,43,44). The lowest BCUT2D eigenvalue weighted by atomic mass is 9.52. The van der Waals surface area contributed by atoms with Gasteiger partial charge in [-0.1, -0.05) is 65.2 Å². The van der Waals surface area contributed by atoms with Gasteiger partial charge in [0.1, 0.15) is 0 Å². The Morgan fingerprint density at radius 2 is 0.955 bits per heavy atom. The van der Waals surface area contributed by atoms with Gasteiger partial charge >= 0.3 is 11.9 Å². The van der Waals surface area contributed by atoms with Gasteiger partial charge < -0.3 is 10.2 Å². The lowest BCUT2D eigenvalue weighted by molar-refractivity contribution is -0.179. The Bertz CT molecular complexity index is 823. The van der Waals surface area contributed by atoms with E-state index in [9.17, 15) is 14.7 Å². The first-order valence-electron chi connectivity index (χ1n) is 18.4. The van der Waals surface area contributed by atoms with Crippen LogP contribution in [0.3, 0.4) is 0 Å². The van der Waals surface area contributed by atoms with Crippen molar-refractivity contribution in [1.82, 2.24) is 9.80 Å². The molecular formula is C38H72N2O4. The minimum atomic E-state index is -0.769. The second kappa shape index (κ2) is 16.1. The second-order valence-corrected chi connectivity index (χ2v) is 17.2. The van der Waals surface area contributed by atoms with E-state index in [1.165, 1.54) is 38.5 Å². The van der Waals surface area contributed by atoms with Crippen molar-refractivity contribution >= 4 is 11.9 Å². The van der Waals surface area contributed by atoms with E-state index in [1.54, 1.807) is 0 Å². The van der Waals surface area contributed by atoms with Crippen LogP contribution in [0.15, 0.2) is 0 Å². The van der Waals surface area contributed by atoms with Gasteiger partial charge in [-0.2, -0.15) is 0 Å². The Labute approximate surface area is 272 Å². The fraction of sp³-hybridized carbons (Fsp3) is 0.947. The number of carbonyl (C=O) groups is 2. The second-order valence-electron chi connectivity index (χ2n) is 17.2. The number of likely N-dealkylation sites (tertiary alicyclic amines) is 2. The van der Waals surface area contributed by atoms with Gasteiger partial charge in [-0.05, 0) is 132 Å². The van der Waals surface area contributed by atoms with E-state index >= 15 is 0 Å². The van der Waals surface area contributed by atoms with E-state index in [0.29, 0.717) is 6.42 Å². The van der Waals surface area contributed by atoms with Crippen molar-refractivity contribution in [3.63, 3.8) is 0 Å². The molecule has 6 heteroatoms. The Morgan fingerprint density at radius 1 is 0.591 bits per heavy atom. The molecule has 0 bridgehead atoms. The third-order valence-corrected chi connectivity index (χ3v) is 11.7. The summed E-state index contributed by atoms with van der Waals surface area (Å²) in [7, 11) is 0. The Morgan fingerprint density at radius 3 is 1.30 bits per heavy atom. The van der Waals surface area contributed by atoms with Gasteiger partial charge in [0, 0.05) is 28.6 Å². The van der Waals surface area contributed by atoms with Crippen LogP contribution in [-0.4, -0.2) is 67.2 Å². The molecule has 2 aliphatic rings. The molecule has 0 aliphatic carbocycles. The first-order chi connectivity index (χ1) is 20.4. The number of carboxylic acid groups (broad SMARTS) is 2. The molecule has 0 radical (unpaired) electrons. The number of piperidine rings is 2. The predicted molar refractivity (Wildman–Crippen MR) is 184 cm³/mol. The summed E-state index contributed by atoms with van der Waals surface area (Å²) in [5.41, 5.74) is -1.03. The van der Waals surface area contributed by atoms with Crippen LogP contribution in [0.1, 0.15) is 178 Å². The maximum atomic E-state index is 14.0. The Hall–Kier alpha value is -1.14. The molecule has 44 heavy (non-hydrogen) atoms. The average Bonchev–Trinajstić information content (AvgIpc) is 2.87. The van der Waals surface area contributed by atoms with E-state index in [-0.39, 0.29) is 40.4 Å². The molecule has 0 aromatic carbocycles.